The summed E-state index contributed by atoms with van der Waals surface area (Å²) in [6.45, 7) is 0.787. The maximum absolute atomic E-state index is 13.4. The van der Waals surface area contributed by atoms with Crippen LogP contribution in [0, 0.1) is 5.82 Å². The SMILES string of the molecule is COc1ccc(Cn2c(C(=O)NC3=NCC(Cc4cccc(F)c4)=CC3)cc(=O)n2C)cc1. The fourth-order valence-corrected chi connectivity index (χ4v) is 3.73. The number of aliphatic imine (C=N–C) groups is 1. The topological polar surface area (TPSA) is 77.6 Å². The van der Waals surface area contributed by atoms with E-state index < -0.39 is 0 Å². The number of carbonyl (C=O) groups is 1. The molecule has 0 aliphatic carbocycles. The van der Waals surface area contributed by atoms with E-state index in [4.69, 9.17) is 4.74 Å². The standard InChI is InChI=1S/C25H25FN4O3/c1-29-24(31)14-22(30(29)16-17-6-9-21(33-2)10-7-17)25(32)28-23-11-8-19(15-27-23)12-18-4-3-5-20(26)13-18/h3-10,13-14H,11-12,15-16H2,1-2H3,(H,27,28,32). The van der Waals surface area contributed by atoms with Crippen LogP contribution in [0.2, 0.25) is 0 Å². The van der Waals surface area contributed by atoms with Gasteiger partial charge in [-0.1, -0.05) is 30.3 Å². The van der Waals surface area contributed by atoms with Crippen LogP contribution in [0.15, 0.2) is 76.0 Å². The van der Waals surface area contributed by atoms with Crippen molar-refractivity contribution in [2.24, 2.45) is 12.0 Å². The van der Waals surface area contributed by atoms with Crippen molar-refractivity contribution < 1.29 is 13.9 Å². The average molecular weight is 448 g/mol. The number of hydrogen-bond donors (Lipinski definition) is 1. The van der Waals surface area contributed by atoms with Gasteiger partial charge in [-0.2, -0.15) is 0 Å². The van der Waals surface area contributed by atoms with E-state index in [1.54, 1.807) is 24.9 Å². The van der Waals surface area contributed by atoms with Crippen LogP contribution in [0.1, 0.15) is 28.0 Å². The summed E-state index contributed by atoms with van der Waals surface area (Å²) in [6, 6.07) is 15.3. The van der Waals surface area contributed by atoms with Gasteiger partial charge >= 0.3 is 0 Å². The summed E-state index contributed by atoms with van der Waals surface area (Å²) in [5, 5.41) is 2.83. The minimum absolute atomic E-state index is 0.260. The summed E-state index contributed by atoms with van der Waals surface area (Å²) in [6.07, 6.45) is 3.08. The van der Waals surface area contributed by atoms with Gasteiger partial charge in [-0.25, -0.2) is 4.39 Å². The minimum Gasteiger partial charge on any atom is -0.497 e. The van der Waals surface area contributed by atoms with Crippen molar-refractivity contribution in [3.8, 4) is 5.75 Å². The number of amidine groups is 1. The van der Waals surface area contributed by atoms with Crippen LogP contribution in [0.5, 0.6) is 5.75 Å². The van der Waals surface area contributed by atoms with E-state index in [1.165, 1.54) is 22.9 Å². The number of nitrogens with zero attached hydrogens (tertiary/aromatic N) is 3. The summed E-state index contributed by atoms with van der Waals surface area (Å²) in [5.41, 5.74) is 2.87. The summed E-state index contributed by atoms with van der Waals surface area (Å²) >= 11 is 0. The third-order valence-electron chi connectivity index (χ3n) is 5.58. The largest absolute Gasteiger partial charge is 0.497 e. The minimum atomic E-state index is -0.387. The maximum Gasteiger partial charge on any atom is 0.274 e. The fourth-order valence-electron chi connectivity index (χ4n) is 3.73. The molecule has 0 fully saturated rings. The molecular weight excluding hydrogens is 423 g/mol. The van der Waals surface area contributed by atoms with E-state index in [-0.39, 0.29) is 23.0 Å². The van der Waals surface area contributed by atoms with E-state index in [0.717, 1.165) is 22.4 Å². The number of rotatable bonds is 6. The molecule has 33 heavy (non-hydrogen) atoms. The van der Waals surface area contributed by atoms with E-state index in [2.05, 4.69) is 10.3 Å². The molecule has 8 heteroatoms. The van der Waals surface area contributed by atoms with Crippen LogP contribution in [-0.2, 0) is 20.0 Å². The number of aromatic nitrogens is 2. The van der Waals surface area contributed by atoms with Gasteiger partial charge in [0.1, 0.15) is 23.1 Å². The highest BCUT2D eigenvalue weighted by Crippen LogP contribution is 2.15. The molecule has 2 aromatic carbocycles. The van der Waals surface area contributed by atoms with Gasteiger partial charge in [-0.05, 0) is 47.4 Å². The summed E-state index contributed by atoms with van der Waals surface area (Å²) < 4.78 is 21.6. The molecule has 0 unspecified atom stereocenters. The lowest BCUT2D eigenvalue weighted by Gasteiger charge is -2.16. The number of ether oxygens (including phenoxy) is 1. The number of dihydropyridines is 1. The molecule has 1 N–H and O–H groups in total. The molecule has 3 aromatic rings. The summed E-state index contributed by atoms with van der Waals surface area (Å²) in [7, 11) is 3.23. The number of halogens is 1. The van der Waals surface area contributed by atoms with Gasteiger partial charge in [0.15, 0.2) is 0 Å². The number of methoxy groups -OCH3 is 1. The Labute approximate surface area is 190 Å². The second-order valence-corrected chi connectivity index (χ2v) is 7.89. The van der Waals surface area contributed by atoms with Gasteiger partial charge in [0.2, 0.25) is 0 Å². The van der Waals surface area contributed by atoms with Crippen LogP contribution in [0.3, 0.4) is 0 Å². The van der Waals surface area contributed by atoms with Crippen molar-refractivity contribution in [3.05, 3.63) is 99.2 Å². The van der Waals surface area contributed by atoms with Gasteiger partial charge in [-0.15, -0.1) is 0 Å². The lowest BCUT2D eigenvalue weighted by molar-refractivity contribution is 0.0964. The molecule has 1 aliphatic heterocycles. The Balaban J connectivity index is 1.43. The van der Waals surface area contributed by atoms with Crippen molar-refractivity contribution in [1.29, 1.82) is 0 Å². The Morgan fingerprint density at radius 1 is 1.15 bits per heavy atom. The number of amides is 1. The first-order chi connectivity index (χ1) is 15.9. The van der Waals surface area contributed by atoms with Gasteiger partial charge in [0.25, 0.3) is 11.5 Å². The highest BCUT2D eigenvalue weighted by Gasteiger charge is 2.19. The smallest absolute Gasteiger partial charge is 0.274 e. The predicted molar refractivity (Wildman–Crippen MR) is 124 cm³/mol. The van der Waals surface area contributed by atoms with Crippen molar-refractivity contribution >= 4 is 11.7 Å². The van der Waals surface area contributed by atoms with E-state index >= 15 is 0 Å². The Bertz CT molecular complexity index is 1290. The van der Waals surface area contributed by atoms with Crippen LogP contribution in [0.25, 0.3) is 0 Å². The van der Waals surface area contributed by atoms with Crippen LogP contribution < -0.4 is 15.6 Å². The molecule has 7 nitrogen and oxygen atoms in total. The molecule has 1 amide bonds. The summed E-state index contributed by atoms with van der Waals surface area (Å²) in [4.78, 5) is 29.7. The molecule has 0 bridgehead atoms. The van der Waals surface area contributed by atoms with E-state index in [9.17, 15) is 14.0 Å². The maximum atomic E-state index is 13.4. The van der Waals surface area contributed by atoms with Gasteiger partial charge in [0, 0.05) is 19.5 Å². The lowest BCUT2D eigenvalue weighted by Crippen LogP contribution is -2.34. The van der Waals surface area contributed by atoms with Crippen molar-refractivity contribution in [2.75, 3.05) is 13.7 Å². The Morgan fingerprint density at radius 3 is 2.61 bits per heavy atom. The molecule has 0 saturated heterocycles. The Kier molecular flexibility index (Phi) is 6.53. The first-order valence-electron chi connectivity index (χ1n) is 10.6. The van der Waals surface area contributed by atoms with Gasteiger partial charge in [0.05, 0.1) is 20.2 Å². The van der Waals surface area contributed by atoms with E-state index in [1.807, 2.05) is 36.4 Å². The molecule has 0 atom stereocenters. The second kappa shape index (κ2) is 9.68. The fraction of sp³-hybridized carbons (Fsp3) is 0.240. The molecule has 1 aliphatic rings. The monoisotopic (exact) mass is 448 g/mol. The van der Waals surface area contributed by atoms with Crippen molar-refractivity contribution in [3.63, 3.8) is 0 Å². The van der Waals surface area contributed by atoms with Gasteiger partial charge in [-0.3, -0.25) is 23.9 Å². The molecule has 0 saturated carbocycles. The predicted octanol–water partition coefficient (Wildman–Crippen LogP) is 3.08. The molecular formula is C25H25FN4O3. The normalized spacial score (nSPS) is 13.3. The average Bonchev–Trinajstić information content (AvgIpc) is 3.09. The summed E-state index contributed by atoms with van der Waals surface area (Å²) in [5.74, 6) is 0.624. The number of nitrogens with one attached hydrogen (secondary N) is 1. The van der Waals surface area contributed by atoms with Crippen LogP contribution in [0.4, 0.5) is 4.39 Å². The van der Waals surface area contributed by atoms with Gasteiger partial charge < -0.3 is 10.1 Å². The van der Waals surface area contributed by atoms with E-state index in [0.29, 0.717) is 31.8 Å². The Hall–Kier alpha value is -3.94. The third kappa shape index (κ3) is 5.28. The first kappa shape index (κ1) is 22.3. The molecule has 2 heterocycles. The molecule has 0 radical (unpaired) electrons. The highest BCUT2D eigenvalue weighted by molar-refractivity contribution is 6.06. The molecule has 0 spiro atoms. The van der Waals surface area contributed by atoms with Crippen molar-refractivity contribution in [1.82, 2.24) is 14.7 Å². The molecule has 1 aromatic heterocycles. The molecule has 170 valence electrons. The first-order valence-corrected chi connectivity index (χ1v) is 10.6. The highest BCUT2D eigenvalue weighted by atomic mass is 19.1. The van der Waals surface area contributed by atoms with Crippen LogP contribution in [-0.4, -0.2) is 34.8 Å². The number of benzene rings is 2. The van der Waals surface area contributed by atoms with Crippen LogP contribution >= 0.6 is 0 Å². The zero-order valence-electron chi connectivity index (χ0n) is 18.5. The Morgan fingerprint density at radius 2 is 1.94 bits per heavy atom. The quantitative estimate of drug-likeness (QED) is 0.589. The third-order valence-corrected chi connectivity index (χ3v) is 5.58. The lowest BCUT2D eigenvalue weighted by atomic mass is 10.0. The molecule has 4 rings (SSSR count). The van der Waals surface area contributed by atoms with Crippen molar-refractivity contribution in [2.45, 2.75) is 19.4 Å². The zero-order valence-corrected chi connectivity index (χ0v) is 18.5. The number of hydrogen-bond acceptors (Lipinski definition) is 4. The number of carbonyl (C=O) groups excluding carboxylic acids is 1. The zero-order chi connectivity index (χ0) is 23.4. The second-order valence-electron chi connectivity index (χ2n) is 7.89.